The average Bonchev–Trinajstić information content (AvgIpc) is 2.81. The van der Waals surface area contributed by atoms with Crippen LogP contribution in [0.2, 0.25) is 0 Å². The highest BCUT2D eigenvalue weighted by molar-refractivity contribution is 7.46. The number of nitrogens with zero attached hydrogens (tertiary/aromatic N) is 2. The van der Waals surface area contributed by atoms with Gasteiger partial charge in [0.1, 0.15) is 23.2 Å². The molecule has 37 heavy (non-hydrogen) atoms. The number of phosphoric acid groups is 1. The van der Waals surface area contributed by atoms with E-state index >= 15 is 0 Å². The van der Waals surface area contributed by atoms with Crippen molar-refractivity contribution in [2.45, 2.75) is 58.0 Å². The Kier molecular flexibility index (Phi) is 10.3. The highest BCUT2D eigenvalue weighted by atomic mass is 31.2. The lowest BCUT2D eigenvalue weighted by Crippen LogP contribution is -2.37. The summed E-state index contributed by atoms with van der Waals surface area (Å²) in [6.07, 6.45) is 11.8. The number of likely N-dealkylation sites (tertiary alicyclic amines) is 1. The number of hydrogen-bond donors (Lipinski definition) is 3. The Balaban J connectivity index is 1.92. The SMILES string of the molecule is C[C@@H]1CC=CCCC=CC(=NOCC(=O)N2CCCCC2)Cc2cc(OP(=O)(O)O)cc(O)c2C(=O)O1. The first-order chi connectivity index (χ1) is 17.6. The summed E-state index contributed by atoms with van der Waals surface area (Å²) in [6, 6.07) is 2.17. The van der Waals surface area contributed by atoms with Gasteiger partial charge in [-0.05, 0) is 56.7 Å². The summed E-state index contributed by atoms with van der Waals surface area (Å²) in [7, 11) is -4.93. The fraction of sp³-hybridized carbons (Fsp3) is 0.480. The third kappa shape index (κ3) is 9.35. The van der Waals surface area contributed by atoms with Gasteiger partial charge >= 0.3 is 13.8 Å². The van der Waals surface area contributed by atoms with E-state index in [1.807, 2.05) is 18.2 Å². The van der Waals surface area contributed by atoms with E-state index in [0.717, 1.165) is 31.7 Å². The van der Waals surface area contributed by atoms with Gasteiger partial charge in [0.05, 0.1) is 5.71 Å². The van der Waals surface area contributed by atoms with Gasteiger partial charge in [0.15, 0.2) is 6.61 Å². The van der Waals surface area contributed by atoms with E-state index in [1.165, 1.54) is 6.07 Å². The van der Waals surface area contributed by atoms with Crippen molar-refractivity contribution in [3.8, 4) is 11.5 Å². The molecule has 0 unspecified atom stereocenters. The molecule has 0 radical (unpaired) electrons. The van der Waals surface area contributed by atoms with Crippen LogP contribution in [0.5, 0.6) is 11.5 Å². The molecule has 1 amide bonds. The maximum Gasteiger partial charge on any atom is 0.524 e. The molecule has 0 bridgehead atoms. The number of aromatic hydroxyl groups is 1. The summed E-state index contributed by atoms with van der Waals surface area (Å²) < 4.78 is 21.5. The number of fused-ring (bicyclic) bond motifs is 1. The molecule has 11 nitrogen and oxygen atoms in total. The summed E-state index contributed by atoms with van der Waals surface area (Å²) in [5.74, 6) is -1.88. The van der Waals surface area contributed by atoms with Crippen LogP contribution in [0.25, 0.3) is 0 Å². The monoisotopic (exact) mass is 536 g/mol. The van der Waals surface area contributed by atoms with Crippen molar-refractivity contribution in [1.29, 1.82) is 0 Å². The summed E-state index contributed by atoms with van der Waals surface area (Å²) in [4.78, 5) is 50.9. The van der Waals surface area contributed by atoms with Crippen LogP contribution < -0.4 is 4.52 Å². The molecule has 1 aromatic carbocycles. The Morgan fingerprint density at radius 3 is 2.62 bits per heavy atom. The maximum atomic E-state index is 12.9. The molecule has 0 aliphatic carbocycles. The third-order valence-electron chi connectivity index (χ3n) is 5.80. The van der Waals surface area contributed by atoms with Gasteiger partial charge in [-0.25, -0.2) is 9.36 Å². The summed E-state index contributed by atoms with van der Waals surface area (Å²) >= 11 is 0. The largest absolute Gasteiger partial charge is 0.524 e. The van der Waals surface area contributed by atoms with Crippen molar-refractivity contribution in [1.82, 2.24) is 4.90 Å². The molecule has 12 heteroatoms. The zero-order valence-corrected chi connectivity index (χ0v) is 21.6. The normalized spacial score (nSPS) is 20.6. The van der Waals surface area contributed by atoms with E-state index < -0.39 is 25.6 Å². The molecule has 1 saturated heterocycles. The van der Waals surface area contributed by atoms with Crippen molar-refractivity contribution < 1.29 is 43.1 Å². The van der Waals surface area contributed by atoms with Crippen LogP contribution in [-0.2, 0) is 25.4 Å². The van der Waals surface area contributed by atoms with Crippen molar-refractivity contribution in [2.75, 3.05) is 19.7 Å². The molecule has 1 atom stereocenters. The highest BCUT2D eigenvalue weighted by Crippen LogP contribution is 2.40. The quantitative estimate of drug-likeness (QED) is 0.221. The number of ether oxygens (including phenoxy) is 1. The lowest BCUT2D eigenvalue weighted by Gasteiger charge is -2.26. The number of carbonyl (C=O) groups excluding carboxylic acids is 2. The number of rotatable bonds is 5. The van der Waals surface area contributed by atoms with Crippen LogP contribution in [0.4, 0.5) is 0 Å². The van der Waals surface area contributed by atoms with Crippen LogP contribution >= 0.6 is 7.82 Å². The Hall–Kier alpha value is -3.14. The van der Waals surface area contributed by atoms with E-state index in [9.17, 15) is 29.0 Å². The predicted molar refractivity (Wildman–Crippen MR) is 135 cm³/mol. The van der Waals surface area contributed by atoms with Crippen LogP contribution in [0.15, 0.2) is 41.6 Å². The van der Waals surface area contributed by atoms with Crippen molar-refractivity contribution in [3.63, 3.8) is 0 Å². The Bertz CT molecular complexity index is 1100. The summed E-state index contributed by atoms with van der Waals surface area (Å²) in [5, 5.41) is 14.7. The number of allylic oxidation sites excluding steroid dienone is 3. The molecular formula is C25H33N2O9P. The van der Waals surface area contributed by atoms with E-state index in [1.54, 1.807) is 17.9 Å². The van der Waals surface area contributed by atoms with E-state index in [4.69, 9.17) is 9.57 Å². The van der Waals surface area contributed by atoms with Crippen LogP contribution in [0, 0.1) is 0 Å². The smallest absolute Gasteiger partial charge is 0.507 e. The first kappa shape index (κ1) is 28.4. The number of phosphoric ester groups is 1. The molecule has 3 rings (SSSR count). The number of oxime groups is 1. The van der Waals surface area contributed by atoms with Gasteiger partial charge in [-0.15, -0.1) is 0 Å². The van der Waals surface area contributed by atoms with E-state index in [-0.39, 0.29) is 35.8 Å². The Morgan fingerprint density at radius 1 is 1.16 bits per heavy atom. The lowest BCUT2D eigenvalue weighted by atomic mass is 9.99. The molecule has 3 N–H and O–H groups in total. The number of esters is 1. The molecule has 1 aromatic rings. The van der Waals surface area contributed by atoms with E-state index in [0.29, 0.717) is 31.6 Å². The number of phenolic OH excluding ortho intramolecular Hbond substituents is 1. The highest BCUT2D eigenvalue weighted by Gasteiger charge is 2.25. The van der Waals surface area contributed by atoms with Gasteiger partial charge in [0.2, 0.25) is 0 Å². The maximum absolute atomic E-state index is 12.9. The number of cyclic esters (lactones) is 1. The van der Waals surface area contributed by atoms with Crippen LogP contribution in [0.3, 0.4) is 0 Å². The number of hydrogen-bond acceptors (Lipinski definition) is 8. The minimum atomic E-state index is -4.93. The number of carbonyl (C=O) groups is 2. The fourth-order valence-electron chi connectivity index (χ4n) is 4.05. The van der Waals surface area contributed by atoms with Gasteiger partial charge in [0, 0.05) is 32.0 Å². The van der Waals surface area contributed by atoms with Crippen LogP contribution in [0.1, 0.15) is 61.4 Å². The standard InChI is InChI=1S/C25H33N2O9P/c1-18-10-6-3-2-4-7-11-20(26-34-17-23(29)27-12-8-5-9-13-27)14-19-15-21(36-37(31,32)33)16-22(28)24(19)25(30)35-18/h3,6-7,11,15-16,18,28H,2,4-5,8-10,12-14,17H2,1H3,(H2,31,32,33)/t18-/m1/s1. The van der Waals surface area contributed by atoms with Gasteiger partial charge in [-0.3, -0.25) is 14.6 Å². The fourth-order valence-corrected chi connectivity index (χ4v) is 4.43. The second-order valence-electron chi connectivity index (χ2n) is 8.94. The van der Waals surface area contributed by atoms with Gasteiger partial charge in [-0.1, -0.05) is 23.4 Å². The zero-order valence-electron chi connectivity index (χ0n) is 20.7. The summed E-state index contributed by atoms with van der Waals surface area (Å²) in [5.41, 5.74) is 0.293. The molecule has 0 saturated carbocycles. The molecule has 2 heterocycles. The summed E-state index contributed by atoms with van der Waals surface area (Å²) in [6.45, 7) is 2.83. The van der Waals surface area contributed by atoms with E-state index in [2.05, 4.69) is 9.68 Å². The second kappa shape index (κ2) is 13.4. The number of amides is 1. The molecule has 2 aliphatic rings. The molecule has 1 fully saturated rings. The minimum absolute atomic E-state index is 0.0744. The van der Waals surface area contributed by atoms with Gasteiger partial charge < -0.3 is 24.1 Å². The topological polar surface area (TPSA) is 155 Å². The van der Waals surface area contributed by atoms with Crippen LogP contribution in [-0.4, -0.2) is 63.2 Å². The molecule has 2 aliphatic heterocycles. The van der Waals surface area contributed by atoms with Crippen molar-refractivity contribution in [3.05, 3.63) is 47.6 Å². The van der Waals surface area contributed by atoms with Crippen molar-refractivity contribution in [2.24, 2.45) is 5.16 Å². The number of piperidine rings is 1. The predicted octanol–water partition coefficient (Wildman–Crippen LogP) is 3.63. The number of phenols is 1. The van der Waals surface area contributed by atoms with Gasteiger partial charge in [0.25, 0.3) is 5.91 Å². The molecular weight excluding hydrogens is 503 g/mol. The first-order valence-corrected chi connectivity index (χ1v) is 13.8. The van der Waals surface area contributed by atoms with Crippen molar-refractivity contribution >= 4 is 25.4 Å². The second-order valence-corrected chi connectivity index (χ2v) is 10.1. The first-order valence-electron chi connectivity index (χ1n) is 12.2. The Labute approximate surface area is 215 Å². The third-order valence-corrected chi connectivity index (χ3v) is 6.25. The number of benzene rings is 1. The average molecular weight is 537 g/mol. The zero-order chi connectivity index (χ0) is 26.8. The van der Waals surface area contributed by atoms with Gasteiger partial charge in [-0.2, -0.15) is 0 Å². The molecule has 0 aromatic heterocycles. The molecule has 202 valence electrons. The minimum Gasteiger partial charge on any atom is -0.507 e. The lowest BCUT2D eigenvalue weighted by molar-refractivity contribution is -0.137. The molecule has 0 spiro atoms. The Morgan fingerprint density at radius 2 is 1.89 bits per heavy atom.